The summed E-state index contributed by atoms with van der Waals surface area (Å²) in [6, 6.07) is 9.90. The molecule has 0 radical (unpaired) electrons. The zero-order valence-electron chi connectivity index (χ0n) is 11.1. The van der Waals surface area contributed by atoms with E-state index in [1.807, 2.05) is 32.8 Å². The molecule has 5 nitrogen and oxygen atoms in total. The number of nitrogens with two attached hydrogens (primary N) is 1. The summed E-state index contributed by atoms with van der Waals surface area (Å²) in [6.07, 6.45) is 1.79. The maximum atomic E-state index is 5.90. The van der Waals surface area contributed by atoms with Crippen molar-refractivity contribution in [1.82, 2.24) is 12.6 Å². The molecule has 0 aliphatic rings. The Morgan fingerprint density at radius 3 is 2.95 bits per heavy atom. The zero-order valence-corrected chi connectivity index (χ0v) is 15.6. The van der Waals surface area contributed by atoms with Gasteiger partial charge in [-0.05, 0) is 0 Å². The average Bonchev–Trinajstić information content (AvgIpc) is 2.76. The standard InChI is InChI=1S/C14H13N4O.Tl/c1-19-8-11-6-9(4-5-16-11)14-12-7-10(15)2-3-13(12)17-18-14;/h2-7H,8,15H2,1H3;/q-1;+1. The first-order chi connectivity index (χ1) is 9.69. The van der Waals surface area contributed by atoms with E-state index in [0.717, 1.165) is 33.5 Å². The average molecular weight is 458 g/mol. The molecule has 20 heavy (non-hydrogen) atoms. The molecule has 0 unspecified atom stereocenters. The molecule has 0 aliphatic heterocycles. The molecule has 0 aliphatic carbocycles. The first-order valence-corrected chi connectivity index (χ1v) is 8.17. The van der Waals surface area contributed by atoms with Crippen molar-refractivity contribution in [3.63, 3.8) is 0 Å². The summed E-state index contributed by atoms with van der Waals surface area (Å²) in [4.78, 5) is 4.29. The first kappa shape index (κ1) is 13.5. The van der Waals surface area contributed by atoms with E-state index in [2.05, 4.69) is 10.1 Å². The second-order valence-corrected chi connectivity index (χ2v) is 6.44. The van der Waals surface area contributed by atoms with Crippen molar-refractivity contribution in [2.75, 3.05) is 12.8 Å². The van der Waals surface area contributed by atoms with Crippen LogP contribution in [0.15, 0.2) is 36.5 Å². The third-order valence-corrected chi connectivity index (χ3v) is 4.64. The van der Waals surface area contributed by atoms with Gasteiger partial charge in [0.05, 0.1) is 0 Å². The van der Waals surface area contributed by atoms with Crippen LogP contribution in [0.1, 0.15) is 5.69 Å². The number of benzene rings is 1. The van der Waals surface area contributed by atoms with Gasteiger partial charge < -0.3 is 0 Å². The van der Waals surface area contributed by atoms with Crippen LogP contribution in [0.5, 0.6) is 0 Å². The van der Waals surface area contributed by atoms with E-state index < -0.39 is 0 Å². The first-order valence-electron chi connectivity index (χ1n) is 6.16. The summed E-state index contributed by atoms with van der Waals surface area (Å²) in [5.74, 6) is 0. The van der Waals surface area contributed by atoms with E-state index in [0.29, 0.717) is 32.7 Å². The molecule has 1 aromatic carbocycles. The van der Waals surface area contributed by atoms with Crippen molar-refractivity contribution in [1.29, 1.82) is 0 Å². The number of hydrogen-bond donors (Lipinski definition) is 1. The molecule has 3 rings (SSSR count). The molecule has 0 fully saturated rings. The van der Waals surface area contributed by atoms with Gasteiger partial charge in [0.15, 0.2) is 0 Å². The number of pyridine rings is 1. The van der Waals surface area contributed by atoms with E-state index in [4.69, 9.17) is 10.5 Å². The van der Waals surface area contributed by atoms with Crippen molar-refractivity contribution >= 4 is 42.7 Å². The fourth-order valence-corrected chi connectivity index (χ4v) is 3.55. The van der Waals surface area contributed by atoms with Crippen molar-refractivity contribution in [2.45, 2.75) is 6.61 Å². The maximum absolute atomic E-state index is 5.90. The summed E-state index contributed by atoms with van der Waals surface area (Å²) in [5, 5.41) is 5.75. The Hall–Kier alpha value is -1.48. The Morgan fingerprint density at radius 1 is 1.30 bits per heavy atom. The number of aromatic nitrogens is 3. The summed E-state index contributed by atoms with van der Waals surface area (Å²) >= 11 is 0.611. The molecule has 2 aromatic heterocycles. The quantitative estimate of drug-likeness (QED) is 0.481. The van der Waals surface area contributed by atoms with Crippen molar-refractivity contribution in [3.05, 3.63) is 42.2 Å². The van der Waals surface area contributed by atoms with E-state index in [1.54, 1.807) is 13.3 Å². The van der Waals surface area contributed by atoms with Gasteiger partial charge in [-0.15, -0.1) is 0 Å². The van der Waals surface area contributed by atoms with Crippen LogP contribution < -0.4 is 5.73 Å². The molecule has 0 bridgehead atoms. The van der Waals surface area contributed by atoms with Gasteiger partial charge in [0.1, 0.15) is 0 Å². The topological polar surface area (TPSA) is 66.0 Å². The van der Waals surface area contributed by atoms with E-state index in [9.17, 15) is 0 Å². The molecule has 0 saturated heterocycles. The number of anilines is 1. The molecular weight excluding hydrogens is 445 g/mol. The van der Waals surface area contributed by atoms with Crippen LogP contribution in [0.3, 0.4) is 0 Å². The van der Waals surface area contributed by atoms with Gasteiger partial charge in [-0.3, -0.25) is 0 Å². The predicted molar refractivity (Wildman–Crippen MR) is 79.2 cm³/mol. The van der Waals surface area contributed by atoms with Crippen LogP contribution in [0, 0.1) is 0 Å². The fourth-order valence-electron chi connectivity index (χ4n) is 2.22. The van der Waals surface area contributed by atoms with Gasteiger partial charge in [-0.25, -0.2) is 0 Å². The second kappa shape index (κ2) is 5.49. The number of hydrogen-bond acceptors (Lipinski definition) is 4. The summed E-state index contributed by atoms with van der Waals surface area (Å²) in [7, 11) is 1.66. The number of ether oxygens (including phenoxy) is 1. The Bertz CT molecular complexity index is 769. The molecule has 0 saturated carbocycles. The second-order valence-electron chi connectivity index (χ2n) is 4.54. The number of rotatable bonds is 3. The van der Waals surface area contributed by atoms with Crippen LogP contribution in [0.25, 0.3) is 22.2 Å². The molecule has 0 atom stereocenters. The molecule has 98 valence electrons. The Labute approximate surface area is 132 Å². The van der Waals surface area contributed by atoms with E-state index in [1.165, 1.54) is 0 Å². The van der Waals surface area contributed by atoms with Gasteiger partial charge in [0.2, 0.25) is 0 Å². The van der Waals surface area contributed by atoms with E-state index in [-0.39, 0.29) is 0 Å². The summed E-state index contributed by atoms with van der Waals surface area (Å²) in [6.45, 7) is 0.497. The normalized spacial score (nSPS) is 11.0. The number of methoxy groups -OCH3 is 1. The Morgan fingerprint density at radius 2 is 2.15 bits per heavy atom. The van der Waals surface area contributed by atoms with Crippen LogP contribution >= 0.6 is 0 Å². The van der Waals surface area contributed by atoms with Crippen LogP contribution in [-0.2, 0) is 11.3 Å². The van der Waals surface area contributed by atoms with Gasteiger partial charge in [-0.2, -0.15) is 0 Å². The van der Waals surface area contributed by atoms with Gasteiger partial charge in [0, 0.05) is 0 Å². The number of nitrogen functional groups attached to an aromatic ring is 1. The van der Waals surface area contributed by atoms with Crippen LogP contribution in [0.2, 0.25) is 0 Å². The summed E-state index contributed by atoms with van der Waals surface area (Å²) in [5.41, 5.74) is 10.7. The minimum absolute atomic E-state index is 0.497. The van der Waals surface area contributed by atoms with Crippen molar-refractivity contribution in [2.24, 2.45) is 0 Å². The third-order valence-electron chi connectivity index (χ3n) is 3.11. The Kier molecular flexibility index (Phi) is 3.71. The SMILES string of the molecule is COCc1cc(-c2n[n]([Tl])c3ccc(N)cc23)ccn1. The van der Waals surface area contributed by atoms with Gasteiger partial charge >= 0.3 is 133 Å². The molecule has 0 spiro atoms. The van der Waals surface area contributed by atoms with Crippen molar-refractivity contribution < 1.29 is 4.74 Å². The van der Waals surface area contributed by atoms with Gasteiger partial charge in [0.25, 0.3) is 0 Å². The van der Waals surface area contributed by atoms with Crippen LogP contribution in [0.4, 0.5) is 5.69 Å². The monoisotopic (exact) mass is 458 g/mol. The fraction of sp³-hybridized carbons (Fsp3) is 0.143. The minimum atomic E-state index is 0.497. The molecule has 6 heteroatoms. The molecule has 2 N–H and O–H groups in total. The number of fused-ring (bicyclic) bond motifs is 1. The zero-order chi connectivity index (χ0) is 14.1. The predicted octanol–water partition coefficient (Wildman–Crippen LogP) is 1.76. The van der Waals surface area contributed by atoms with E-state index >= 15 is 0 Å². The molecule has 2 heterocycles. The Balaban J connectivity index is 2.18. The van der Waals surface area contributed by atoms with Gasteiger partial charge in [-0.1, -0.05) is 0 Å². The van der Waals surface area contributed by atoms with Crippen molar-refractivity contribution in [3.8, 4) is 11.3 Å². The van der Waals surface area contributed by atoms with Crippen LogP contribution in [-0.4, -0.2) is 45.7 Å². The molecule has 0 amide bonds. The summed E-state index contributed by atoms with van der Waals surface area (Å²) < 4.78 is 7.16. The molecule has 3 aromatic rings. The third kappa shape index (κ3) is 2.42. The molecular formula is C14H13N4OTl. The number of nitrogens with zero attached hydrogens (tertiary/aromatic N) is 3.